The largest absolute Gasteiger partial charge is 0.469 e. The Morgan fingerprint density at radius 1 is 1.30 bits per heavy atom. The quantitative estimate of drug-likeness (QED) is 0.747. The molecule has 27 heavy (non-hydrogen) atoms. The van der Waals surface area contributed by atoms with Crippen molar-refractivity contribution in [2.24, 2.45) is 5.73 Å². The molecule has 1 aliphatic heterocycles. The van der Waals surface area contributed by atoms with Crippen LogP contribution in [0.4, 0.5) is 0 Å². The molecule has 1 aliphatic rings. The van der Waals surface area contributed by atoms with Gasteiger partial charge in [0.15, 0.2) is 11.8 Å². The molecule has 0 radical (unpaired) electrons. The Bertz CT molecular complexity index is 649. The van der Waals surface area contributed by atoms with Crippen LogP contribution in [0.2, 0.25) is 0 Å². The Hall–Kier alpha value is -2.19. The van der Waals surface area contributed by atoms with Crippen LogP contribution in [0.25, 0.3) is 0 Å². The molecule has 2 atom stereocenters. The van der Waals surface area contributed by atoms with Gasteiger partial charge in [-0.05, 0) is 45.7 Å². The van der Waals surface area contributed by atoms with Crippen molar-refractivity contribution in [1.29, 1.82) is 0 Å². The van der Waals surface area contributed by atoms with Crippen molar-refractivity contribution in [2.45, 2.75) is 63.9 Å². The number of nitrogens with zero attached hydrogens (tertiary/aromatic N) is 1. The Morgan fingerprint density at radius 3 is 2.56 bits per heavy atom. The van der Waals surface area contributed by atoms with Crippen LogP contribution in [0.15, 0.2) is 18.3 Å². The Labute approximate surface area is 159 Å². The van der Waals surface area contributed by atoms with Gasteiger partial charge in [0.25, 0.3) is 0 Å². The molecule has 2 unspecified atom stereocenters. The molecule has 1 saturated heterocycles. The zero-order valence-corrected chi connectivity index (χ0v) is 16.3. The third-order valence-electron chi connectivity index (χ3n) is 4.01. The molecule has 0 spiro atoms. The molecule has 0 aromatic carbocycles. The third-order valence-corrected chi connectivity index (χ3v) is 4.01. The summed E-state index contributed by atoms with van der Waals surface area (Å²) in [6.07, 6.45) is 3.63. The highest BCUT2D eigenvalue weighted by Crippen LogP contribution is 2.27. The van der Waals surface area contributed by atoms with E-state index in [4.69, 9.17) is 19.9 Å². The van der Waals surface area contributed by atoms with Gasteiger partial charge in [0.2, 0.25) is 0 Å². The molecule has 150 valence electrons. The first-order valence-electron chi connectivity index (χ1n) is 8.98. The molecule has 2 N–H and O–H groups in total. The monoisotopic (exact) mass is 380 g/mol. The van der Waals surface area contributed by atoms with E-state index >= 15 is 0 Å². The minimum Gasteiger partial charge on any atom is -0.469 e. The Kier molecular flexibility index (Phi) is 6.78. The molecular weight excluding hydrogens is 352 g/mol. The van der Waals surface area contributed by atoms with Gasteiger partial charge in [-0.3, -0.25) is 9.78 Å². The number of hydrogen-bond donors (Lipinski definition) is 1. The maximum atomic E-state index is 12.7. The average Bonchev–Trinajstić information content (AvgIpc) is 2.61. The molecule has 1 aromatic rings. The summed E-state index contributed by atoms with van der Waals surface area (Å²) < 4.78 is 21.3. The van der Waals surface area contributed by atoms with Gasteiger partial charge in [0, 0.05) is 6.42 Å². The second-order valence-corrected chi connectivity index (χ2v) is 7.52. The Balaban J connectivity index is 2.21. The maximum absolute atomic E-state index is 12.7. The minimum atomic E-state index is -1.76. The van der Waals surface area contributed by atoms with Crippen LogP contribution in [0.5, 0.6) is 5.75 Å². The number of rotatable bonds is 6. The van der Waals surface area contributed by atoms with Crippen LogP contribution in [0.1, 0.15) is 52.1 Å². The molecule has 0 bridgehead atoms. The van der Waals surface area contributed by atoms with E-state index < -0.39 is 29.5 Å². The van der Waals surface area contributed by atoms with Crippen LogP contribution in [-0.4, -0.2) is 42.5 Å². The molecule has 0 saturated carbocycles. The third kappa shape index (κ3) is 5.90. The zero-order valence-electron chi connectivity index (χ0n) is 16.3. The number of carbonyl (C=O) groups is 2. The van der Waals surface area contributed by atoms with Crippen molar-refractivity contribution >= 4 is 11.9 Å². The van der Waals surface area contributed by atoms with Crippen LogP contribution in [0.3, 0.4) is 0 Å². The SMILES string of the molecule is COC(=O)CC(N)(C(=O)OC(C)(C)C)c1ccc(OC2CCCCO2)cn1. The van der Waals surface area contributed by atoms with Crippen LogP contribution < -0.4 is 10.5 Å². The maximum Gasteiger partial charge on any atom is 0.333 e. The van der Waals surface area contributed by atoms with Gasteiger partial charge in [-0.2, -0.15) is 0 Å². The van der Waals surface area contributed by atoms with Gasteiger partial charge in [-0.25, -0.2) is 4.79 Å². The van der Waals surface area contributed by atoms with Gasteiger partial charge in [-0.1, -0.05) is 0 Å². The van der Waals surface area contributed by atoms with Gasteiger partial charge < -0.3 is 24.7 Å². The summed E-state index contributed by atoms with van der Waals surface area (Å²) in [7, 11) is 1.23. The predicted molar refractivity (Wildman–Crippen MR) is 96.8 cm³/mol. The lowest BCUT2D eigenvalue weighted by Crippen LogP contribution is -2.50. The number of ether oxygens (including phenoxy) is 4. The number of methoxy groups -OCH3 is 1. The van der Waals surface area contributed by atoms with Crippen molar-refractivity contribution in [1.82, 2.24) is 4.98 Å². The first kappa shape index (κ1) is 21.1. The zero-order chi connectivity index (χ0) is 20.1. The molecule has 0 aliphatic carbocycles. The van der Waals surface area contributed by atoms with Crippen molar-refractivity contribution in [3.63, 3.8) is 0 Å². The van der Waals surface area contributed by atoms with Crippen LogP contribution in [-0.2, 0) is 29.3 Å². The summed E-state index contributed by atoms with van der Waals surface area (Å²) >= 11 is 0. The second kappa shape index (κ2) is 8.67. The molecule has 2 rings (SSSR count). The van der Waals surface area contributed by atoms with Crippen molar-refractivity contribution < 1.29 is 28.5 Å². The summed E-state index contributed by atoms with van der Waals surface area (Å²) in [6, 6.07) is 3.19. The van der Waals surface area contributed by atoms with Gasteiger partial charge in [0.1, 0.15) is 11.4 Å². The molecule has 2 heterocycles. The van der Waals surface area contributed by atoms with Crippen molar-refractivity contribution in [2.75, 3.05) is 13.7 Å². The van der Waals surface area contributed by atoms with E-state index in [1.165, 1.54) is 13.3 Å². The van der Waals surface area contributed by atoms with Crippen LogP contribution in [0, 0.1) is 0 Å². The number of esters is 2. The van der Waals surface area contributed by atoms with E-state index in [-0.39, 0.29) is 12.0 Å². The number of hydrogen-bond acceptors (Lipinski definition) is 8. The summed E-state index contributed by atoms with van der Waals surface area (Å²) in [6.45, 7) is 5.83. The normalized spacial score (nSPS) is 19.7. The molecule has 8 heteroatoms. The number of nitrogens with two attached hydrogens (primary N) is 1. The first-order chi connectivity index (χ1) is 12.6. The Morgan fingerprint density at radius 2 is 2.04 bits per heavy atom. The van der Waals surface area contributed by atoms with E-state index in [0.29, 0.717) is 12.4 Å². The van der Waals surface area contributed by atoms with E-state index in [1.54, 1.807) is 32.9 Å². The molecule has 1 aromatic heterocycles. The number of pyridine rings is 1. The highest BCUT2D eigenvalue weighted by atomic mass is 16.7. The van der Waals surface area contributed by atoms with Gasteiger partial charge in [0.05, 0.1) is 32.0 Å². The minimum absolute atomic E-state index is 0.194. The van der Waals surface area contributed by atoms with E-state index in [9.17, 15) is 9.59 Å². The lowest BCUT2D eigenvalue weighted by molar-refractivity contribution is -0.166. The standard InChI is InChI=1S/C19H28N2O6/c1-18(2,3)27-17(23)19(20,11-15(22)24-4)14-9-8-13(12-21-14)26-16-7-5-6-10-25-16/h8-9,12,16H,5-7,10-11,20H2,1-4H3. The highest BCUT2D eigenvalue weighted by molar-refractivity contribution is 5.87. The smallest absolute Gasteiger partial charge is 0.333 e. The summed E-state index contributed by atoms with van der Waals surface area (Å²) in [4.78, 5) is 28.8. The lowest BCUT2D eigenvalue weighted by atomic mass is 9.91. The molecule has 0 amide bonds. The fourth-order valence-corrected chi connectivity index (χ4v) is 2.61. The topological polar surface area (TPSA) is 110 Å². The van der Waals surface area contributed by atoms with Gasteiger partial charge in [-0.15, -0.1) is 0 Å². The number of aromatic nitrogens is 1. The fraction of sp³-hybridized carbons (Fsp3) is 0.632. The summed E-state index contributed by atoms with van der Waals surface area (Å²) in [5.74, 6) is -0.895. The average molecular weight is 380 g/mol. The molecular formula is C19H28N2O6. The summed E-state index contributed by atoms with van der Waals surface area (Å²) in [5.41, 5.74) is 3.94. The van der Waals surface area contributed by atoms with Crippen LogP contribution >= 0.6 is 0 Å². The number of carbonyl (C=O) groups excluding carboxylic acids is 2. The molecule has 1 fully saturated rings. The fourth-order valence-electron chi connectivity index (χ4n) is 2.61. The van der Waals surface area contributed by atoms with Crippen molar-refractivity contribution in [3.8, 4) is 5.75 Å². The van der Waals surface area contributed by atoms with E-state index in [0.717, 1.165) is 19.3 Å². The lowest BCUT2D eigenvalue weighted by Gasteiger charge is -2.30. The van der Waals surface area contributed by atoms with E-state index in [1.807, 2.05) is 0 Å². The highest BCUT2D eigenvalue weighted by Gasteiger charge is 2.43. The van der Waals surface area contributed by atoms with E-state index in [2.05, 4.69) is 9.72 Å². The first-order valence-corrected chi connectivity index (χ1v) is 8.98. The van der Waals surface area contributed by atoms with Crippen molar-refractivity contribution in [3.05, 3.63) is 24.0 Å². The summed E-state index contributed by atoms with van der Waals surface area (Å²) in [5, 5.41) is 0. The second-order valence-electron chi connectivity index (χ2n) is 7.52. The molecule has 8 nitrogen and oxygen atoms in total. The van der Waals surface area contributed by atoms with Gasteiger partial charge >= 0.3 is 11.9 Å². The predicted octanol–water partition coefficient (Wildman–Crippen LogP) is 2.05.